The van der Waals surface area contributed by atoms with Gasteiger partial charge >= 0.3 is 0 Å². The van der Waals surface area contributed by atoms with Gasteiger partial charge in [0, 0.05) is 11.4 Å². The van der Waals surface area contributed by atoms with E-state index in [0.29, 0.717) is 4.34 Å². The van der Waals surface area contributed by atoms with E-state index in [1.807, 2.05) is 17.0 Å². The summed E-state index contributed by atoms with van der Waals surface area (Å²) in [4.78, 5) is 16.4. The summed E-state index contributed by atoms with van der Waals surface area (Å²) < 4.78 is 0.672. The van der Waals surface area contributed by atoms with E-state index in [-0.39, 0.29) is 11.9 Å². The molecule has 0 saturated carbocycles. The second-order valence-electron chi connectivity index (χ2n) is 4.28. The summed E-state index contributed by atoms with van der Waals surface area (Å²) in [5.41, 5.74) is 0. The summed E-state index contributed by atoms with van der Waals surface area (Å²) >= 11 is 8.98. The third-order valence-electron chi connectivity index (χ3n) is 3.17. The Balaban J connectivity index is 1.85. The Morgan fingerprint density at radius 3 is 2.94 bits per heavy atom. The number of amides is 1. The Kier molecular flexibility index (Phi) is 3.41. The van der Waals surface area contributed by atoms with Crippen molar-refractivity contribution in [3.8, 4) is 0 Å². The van der Waals surface area contributed by atoms with Gasteiger partial charge in [0.05, 0.1) is 15.3 Å². The second kappa shape index (κ2) is 5.03. The van der Waals surface area contributed by atoms with E-state index in [4.69, 9.17) is 11.6 Å². The van der Waals surface area contributed by atoms with E-state index >= 15 is 0 Å². The van der Waals surface area contributed by atoms with Crippen LogP contribution in [0, 0.1) is 0 Å². The van der Waals surface area contributed by atoms with E-state index in [0.717, 1.165) is 24.3 Å². The maximum atomic E-state index is 12.4. The van der Waals surface area contributed by atoms with Gasteiger partial charge in [-0.1, -0.05) is 17.7 Å². The number of hydrogen-bond acceptors (Lipinski definition) is 3. The van der Waals surface area contributed by atoms with Crippen LogP contribution < -0.4 is 0 Å². The van der Waals surface area contributed by atoms with Crippen LogP contribution >= 0.6 is 34.3 Å². The molecule has 3 rings (SSSR count). The van der Waals surface area contributed by atoms with Crippen molar-refractivity contribution in [3.05, 3.63) is 43.7 Å². The zero-order valence-corrected chi connectivity index (χ0v) is 12.0. The van der Waals surface area contributed by atoms with Gasteiger partial charge in [-0.05, 0) is 36.4 Å². The van der Waals surface area contributed by atoms with Crippen LogP contribution in [0.5, 0.6) is 0 Å². The lowest BCUT2D eigenvalue weighted by Crippen LogP contribution is -2.29. The van der Waals surface area contributed by atoms with Gasteiger partial charge in [-0.25, -0.2) is 0 Å². The monoisotopic (exact) mass is 297 g/mol. The highest BCUT2D eigenvalue weighted by Gasteiger charge is 2.31. The molecule has 0 radical (unpaired) electrons. The Morgan fingerprint density at radius 1 is 1.39 bits per heavy atom. The normalized spacial score (nSPS) is 19.4. The third-order valence-corrected chi connectivity index (χ3v) is 5.36. The fraction of sp³-hybridized carbons (Fsp3) is 0.308. The number of thiophene rings is 2. The van der Waals surface area contributed by atoms with Gasteiger partial charge in [-0.15, -0.1) is 22.7 Å². The number of carbonyl (C=O) groups is 1. The van der Waals surface area contributed by atoms with Crippen molar-refractivity contribution in [1.29, 1.82) is 0 Å². The second-order valence-corrected chi connectivity index (χ2v) is 6.97. The molecule has 3 heterocycles. The molecular formula is C13H12ClNOS2. The average molecular weight is 298 g/mol. The number of rotatable bonds is 2. The minimum Gasteiger partial charge on any atom is -0.330 e. The molecule has 18 heavy (non-hydrogen) atoms. The van der Waals surface area contributed by atoms with Gasteiger partial charge in [0.25, 0.3) is 5.91 Å². The highest BCUT2D eigenvalue weighted by Crippen LogP contribution is 2.36. The van der Waals surface area contributed by atoms with Crippen LogP contribution in [-0.2, 0) is 0 Å². The lowest BCUT2D eigenvalue weighted by atomic mass is 10.2. The molecule has 1 aliphatic heterocycles. The standard InChI is InChI=1S/C13H12ClNOS2/c14-12-6-5-11(18-12)13(16)15-7-1-3-9(15)10-4-2-8-17-10/h2,4-6,8-9H,1,3,7H2. The van der Waals surface area contributed by atoms with Gasteiger partial charge in [-0.2, -0.15) is 0 Å². The van der Waals surface area contributed by atoms with Crippen LogP contribution in [0.3, 0.4) is 0 Å². The quantitative estimate of drug-likeness (QED) is 0.802. The van der Waals surface area contributed by atoms with Crippen molar-refractivity contribution in [1.82, 2.24) is 4.90 Å². The van der Waals surface area contributed by atoms with Crippen molar-refractivity contribution in [2.45, 2.75) is 18.9 Å². The molecule has 2 aromatic heterocycles. The minimum atomic E-state index is 0.114. The number of nitrogens with zero attached hydrogens (tertiary/aromatic N) is 1. The van der Waals surface area contributed by atoms with Crippen LogP contribution in [0.25, 0.3) is 0 Å². The van der Waals surface area contributed by atoms with Crippen molar-refractivity contribution >= 4 is 40.2 Å². The topological polar surface area (TPSA) is 20.3 Å². The molecule has 1 saturated heterocycles. The molecule has 1 amide bonds. The van der Waals surface area contributed by atoms with E-state index < -0.39 is 0 Å². The average Bonchev–Trinajstić information content (AvgIpc) is 3.08. The Morgan fingerprint density at radius 2 is 2.28 bits per heavy atom. The number of likely N-dealkylation sites (tertiary alicyclic amines) is 1. The molecule has 94 valence electrons. The molecule has 1 unspecified atom stereocenters. The van der Waals surface area contributed by atoms with Crippen LogP contribution in [0.2, 0.25) is 4.34 Å². The largest absolute Gasteiger partial charge is 0.330 e. The molecule has 1 aliphatic rings. The zero-order chi connectivity index (χ0) is 12.5. The van der Waals surface area contributed by atoms with Crippen molar-refractivity contribution in [2.24, 2.45) is 0 Å². The van der Waals surface area contributed by atoms with Crippen molar-refractivity contribution in [2.75, 3.05) is 6.54 Å². The summed E-state index contributed by atoms with van der Waals surface area (Å²) in [7, 11) is 0. The van der Waals surface area contributed by atoms with Crippen molar-refractivity contribution in [3.63, 3.8) is 0 Å². The maximum absolute atomic E-state index is 12.4. The lowest BCUT2D eigenvalue weighted by molar-refractivity contribution is 0.0743. The van der Waals surface area contributed by atoms with E-state index in [1.165, 1.54) is 16.2 Å². The molecule has 1 fully saturated rings. The van der Waals surface area contributed by atoms with Crippen LogP contribution in [-0.4, -0.2) is 17.4 Å². The molecule has 0 N–H and O–H groups in total. The molecule has 0 spiro atoms. The molecule has 2 aromatic rings. The first kappa shape index (κ1) is 12.2. The molecule has 5 heteroatoms. The van der Waals surface area contributed by atoms with E-state index in [2.05, 4.69) is 11.4 Å². The zero-order valence-electron chi connectivity index (χ0n) is 9.64. The van der Waals surface area contributed by atoms with Crippen molar-refractivity contribution < 1.29 is 4.79 Å². The Labute approximate surface area is 119 Å². The summed E-state index contributed by atoms with van der Waals surface area (Å²) in [6.07, 6.45) is 2.14. The predicted molar refractivity (Wildman–Crippen MR) is 76.7 cm³/mol. The Hall–Kier alpha value is -0.840. The summed E-state index contributed by atoms with van der Waals surface area (Å²) in [5, 5.41) is 2.07. The molecule has 0 aromatic carbocycles. The minimum absolute atomic E-state index is 0.114. The van der Waals surface area contributed by atoms with Crippen LogP contribution in [0.15, 0.2) is 29.6 Å². The SMILES string of the molecule is O=C(c1ccc(Cl)s1)N1CCCC1c1cccs1. The lowest BCUT2D eigenvalue weighted by Gasteiger charge is -2.23. The maximum Gasteiger partial charge on any atom is 0.264 e. The molecule has 0 bridgehead atoms. The smallest absolute Gasteiger partial charge is 0.264 e. The van der Waals surface area contributed by atoms with Gasteiger partial charge in [0.15, 0.2) is 0 Å². The number of carbonyl (C=O) groups excluding carboxylic acids is 1. The summed E-state index contributed by atoms with van der Waals surface area (Å²) in [6, 6.07) is 8.01. The first-order chi connectivity index (χ1) is 8.75. The highest BCUT2D eigenvalue weighted by atomic mass is 35.5. The van der Waals surface area contributed by atoms with Gasteiger partial charge < -0.3 is 4.90 Å². The fourth-order valence-corrected chi connectivity index (χ4v) is 4.23. The number of halogens is 1. The van der Waals surface area contributed by atoms with Gasteiger partial charge in [0.1, 0.15) is 0 Å². The highest BCUT2D eigenvalue weighted by molar-refractivity contribution is 7.18. The van der Waals surface area contributed by atoms with E-state index in [1.54, 1.807) is 17.4 Å². The number of hydrogen-bond donors (Lipinski definition) is 0. The van der Waals surface area contributed by atoms with Gasteiger partial charge in [-0.3, -0.25) is 4.79 Å². The molecule has 2 nitrogen and oxygen atoms in total. The van der Waals surface area contributed by atoms with Crippen LogP contribution in [0.4, 0.5) is 0 Å². The Bertz CT molecular complexity index is 549. The van der Waals surface area contributed by atoms with Crippen LogP contribution in [0.1, 0.15) is 33.4 Å². The third kappa shape index (κ3) is 2.20. The first-order valence-electron chi connectivity index (χ1n) is 5.85. The summed E-state index contributed by atoms with van der Waals surface area (Å²) in [5.74, 6) is 0.114. The fourth-order valence-electron chi connectivity index (χ4n) is 2.36. The molecule has 1 atom stereocenters. The predicted octanol–water partition coefficient (Wildman–Crippen LogP) is 4.44. The van der Waals surface area contributed by atoms with Gasteiger partial charge in [0.2, 0.25) is 0 Å². The van der Waals surface area contributed by atoms with E-state index in [9.17, 15) is 4.79 Å². The molecular weight excluding hydrogens is 286 g/mol. The summed E-state index contributed by atoms with van der Waals surface area (Å²) in [6.45, 7) is 0.844. The molecule has 0 aliphatic carbocycles. The first-order valence-corrected chi connectivity index (χ1v) is 7.93.